The molecule has 4 rings (SSSR count). The molecule has 26 heavy (non-hydrogen) atoms. The molecule has 1 aliphatic rings. The Morgan fingerprint density at radius 3 is 2.73 bits per heavy atom. The van der Waals surface area contributed by atoms with Gasteiger partial charge in [0.25, 0.3) is 5.91 Å². The highest BCUT2D eigenvalue weighted by atomic mass is 16.5. The molecular weight excluding hydrogens is 330 g/mol. The van der Waals surface area contributed by atoms with Gasteiger partial charge in [-0.2, -0.15) is 4.98 Å². The molecule has 0 N–H and O–H groups in total. The summed E-state index contributed by atoms with van der Waals surface area (Å²) in [6.07, 6.45) is 0.584. The monoisotopic (exact) mass is 349 g/mol. The Labute approximate surface area is 151 Å². The van der Waals surface area contributed by atoms with Crippen LogP contribution in [0, 0.1) is 6.92 Å². The van der Waals surface area contributed by atoms with Gasteiger partial charge < -0.3 is 14.2 Å². The van der Waals surface area contributed by atoms with Crippen molar-refractivity contribution in [3.05, 3.63) is 59.5 Å². The van der Waals surface area contributed by atoms with Gasteiger partial charge in [0.2, 0.25) is 11.7 Å². The van der Waals surface area contributed by atoms with E-state index in [0.29, 0.717) is 30.4 Å². The maximum Gasteiger partial charge on any atom is 0.265 e. The maximum atomic E-state index is 12.0. The summed E-state index contributed by atoms with van der Waals surface area (Å²) in [5.41, 5.74) is 3.87. The van der Waals surface area contributed by atoms with Crippen LogP contribution in [-0.2, 0) is 11.2 Å². The quantitative estimate of drug-likeness (QED) is 0.722. The summed E-state index contributed by atoms with van der Waals surface area (Å²) in [7, 11) is 0. The molecule has 2 heterocycles. The number of aromatic nitrogens is 2. The Balaban J connectivity index is 1.60. The van der Waals surface area contributed by atoms with E-state index in [2.05, 4.69) is 41.3 Å². The highest BCUT2D eigenvalue weighted by molar-refractivity contribution is 5.98. The van der Waals surface area contributed by atoms with E-state index < -0.39 is 0 Å². The molecule has 0 saturated carbocycles. The van der Waals surface area contributed by atoms with E-state index in [0.717, 1.165) is 16.8 Å². The number of amides is 1. The van der Waals surface area contributed by atoms with Crippen LogP contribution in [-0.4, -0.2) is 29.2 Å². The summed E-state index contributed by atoms with van der Waals surface area (Å²) in [5, 5.41) is 4.09. The average Bonchev–Trinajstić information content (AvgIpc) is 3.11. The predicted molar refractivity (Wildman–Crippen MR) is 97.2 cm³/mol. The van der Waals surface area contributed by atoms with Gasteiger partial charge in [-0.1, -0.05) is 35.0 Å². The fourth-order valence-corrected chi connectivity index (χ4v) is 3.01. The highest BCUT2D eigenvalue weighted by Gasteiger charge is 2.25. The van der Waals surface area contributed by atoms with E-state index in [1.54, 1.807) is 4.90 Å². The summed E-state index contributed by atoms with van der Waals surface area (Å²) in [6.45, 7) is 4.65. The van der Waals surface area contributed by atoms with E-state index >= 15 is 0 Å². The van der Waals surface area contributed by atoms with Gasteiger partial charge in [-0.25, -0.2) is 0 Å². The number of aryl methyl sites for hydroxylation is 1. The van der Waals surface area contributed by atoms with Gasteiger partial charge in [0.05, 0.1) is 12.1 Å². The van der Waals surface area contributed by atoms with Gasteiger partial charge in [0.1, 0.15) is 5.75 Å². The standard InChI is InChI=1S/C20H19N3O3/c1-3-23-16-11-15(8-9-17(16)25-12-19(23)24)20-21-18(26-22-20)10-14-6-4-13(2)5-7-14/h4-9,11H,3,10,12H2,1-2H3. The first-order valence-corrected chi connectivity index (χ1v) is 8.60. The second-order valence-corrected chi connectivity index (χ2v) is 6.28. The molecule has 0 unspecified atom stereocenters. The zero-order valence-corrected chi connectivity index (χ0v) is 14.7. The largest absolute Gasteiger partial charge is 0.482 e. The van der Waals surface area contributed by atoms with Crippen molar-refractivity contribution < 1.29 is 14.1 Å². The molecule has 0 radical (unpaired) electrons. The first-order valence-electron chi connectivity index (χ1n) is 8.60. The lowest BCUT2D eigenvalue weighted by atomic mass is 10.1. The van der Waals surface area contributed by atoms with Crippen LogP contribution >= 0.6 is 0 Å². The number of hydrogen-bond donors (Lipinski definition) is 0. The molecule has 6 heteroatoms. The molecule has 0 fully saturated rings. The second kappa shape index (κ2) is 6.63. The molecular formula is C20H19N3O3. The Morgan fingerprint density at radius 2 is 1.96 bits per heavy atom. The van der Waals surface area contributed by atoms with Gasteiger partial charge in [-0.15, -0.1) is 0 Å². The Morgan fingerprint density at radius 1 is 1.15 bits per heavy atom. The predicted octanol–water partition coefficient (Wildman–Crippen LogP) is 3.38. The van der Waals surface area contributed by atoms with Gasteiger partial charge in [0.15, 0.2) is 6.61 Å². The third kappa shape index (κ3) is 3.06. The lowest BCUT2D eigenvalue weighted by molar-refractivity contribution is -0.121. The van der Waals surface area contributed by atoms with E-state index in [-0.39, 0.29) is 12.5 Å². The summed E-state index contributed by atoms with van der Waals surface area (Å²) in [4.78, 5) is 18.2. The van der Waals surface area contributed by atoms with Crippen molar-refractivity contribution in [1.29, 1.82) is 0 Å². The molecule has 3 aromatic rings. The number of rotatable bonds is 4. The van der Waals surface area contributed by atoms with Crippen LogP contribution in [0.4, 0.5) is 5.69 Å². The van der Waals surface area contributed by atoms with Crippen LogP contribution in [0.2, 0.25) is 0 Å². The van der Waals surface area contributed by atoms with Crippen LogP contribution in [0.1, 0.15) is 23.9 Å². The number of carbonyl (C=O) groups excluding carboxylic acids is 1. The normalized spacial score (nSPS) is 13.5. The Hall–Kier alpha value is -3.15. The molecule has 0 aliphatic carbocycles. The van der Waals surface area contributed by atoms with Crippen LogP contribution < -0.4 is 9.64 Å². The molecule has 0 saturated heterocycles. The average molecular weight is 349 g/mol. The van der Waals surface area contributed by atoms with Gasteiger partial charge in [0, 0.05) is 12.1 Å². The molecule has 1 aromatic heterocycles. The fraction of sp³-hybridized carbons (Fsp3) is 0.250. The van der Waals surface area contributed by atoms with Crippen molar-refractivity contribution in [2.75, 3.05) is 18.1 Å². The van der Waals surface area contributed by atoms with Crippen molar-refractivity contribution in [3.63, 3.8) is 0 Å². The zero-order valence-electron chi connectivity index (χ0n) is 14.7. The van der Waals surface area contributed by atoms with Crippen LogP contribution in [0.5, 0.6) is 5.75 Å². The van der Waals surface area contributed by atoms with Crippen LogP contribution in [0.3, 0.4) is 0 Å². The molecule has 0 bridgehead atoms. The van der Waals surface area contributed by atoms with E-state index in [1.807, 2.05) is 25.1 Å². The van der Waals surface area contributed by atoms with Gasteiger partial charge in [-0.05, 0) is 37.6 Å². The number of carbonyl (C=O) groups is 1. The minimum atomic E-state index is -0.0506. The van der Waals surface area contributed by atoms with Crippen LogP contribution in [0.25, 0.3) is 11.4 Å². The van der Waals surface area contributed by atoms with Crippen molar-refractivity contribution in [2.24, 2.45) is 0 Å². The van der Waals surface area contributed by atoms with Crippen molar-refractivity contribution in [1.82, 2.24) is 10.1 Å². The van der Waals surface area contributed by atoms with E-state index in [9.17, 15) is 4.79 Å². The number of hydrogen-bond acceptors (Lipinski definition) is 5. The summed E-state index contributed by atoms with van der Waals surface area (Å²) >= 11 is 0. The minimum absolute atomic E-state index is 0.0506. The third-order valence-corrected chi connectivity index (χ3v) is 4.42. The van der Waals surface area contributed by atoms with Gasteiger partial charge >= 0.3 is 0 Å². The summed E-state index contributed by atoms with van der Waals surface area (Å²) in [6, 6.07) is 13.8. The molecule has 1 aliphatic heterocycles. The maximum absolute atomic E-state index is 12.0. The summed E-state index contributed by atoms with van der Waals surface area (Å²) in [5.74, 6) is 1.70. The first kappa shape index (κ1) is 16.3. The van der Waals surface area contributed by atoms with Gasteiger partial charge in [-0.3, -0.25) is 4.79 Å². The van der Waals surface area contributed by atoms with E-state index in [1.165, 1.54) is 5.56 Å². The van der Waals surface area contributed by atoms with Crippen molar-refractivity contribution in [2.45, 2.75) is 20.3 Å². The van der Waals surface area contributed by atoms with E-state index in [4.69, 9.17) is 9.26 Å². The highest BCUT2D eigenvalue weighted by Crippen LogP contribution is 2.35. The lowest BCUT2D eigenvalue weighted by Crippen LogP contribution is -2.38. The molecule has 132 valence electrons. The molecule has 0 atom stereocenters. The first-order chi connectivity index (χ1) is 12.6. The number of anilines is 1. The Kier molecular flexibility index (Phi) is 4.16. The summed E-state index contributed by atoms with van der Waals surface area (Å²) < 4.78 is 10.9. The van der Waals surface area contributed by atoms with Crippen LogP contribution in [0.15, 0.2) is 47.0 Å². The minimum Gasteiger partial charge on any atom is -0.482 e. The number of nitrogens with zero attached hydrogens (tertiary/aromatic N) is 3. The SMILES string of the molecule is CCN1C(=O)COc2ccc(-c3noc(Cc4ccc(C)cc4)n3)cc21. The molecule has 6 nitrogen and oxygen atoms in total. The number of benzene rings is 2. The number of likely N-dealkylation sites (N-methyl/N-ethyl adjacent to an activating group) is 1. The number of ether oxygens (including phenoxy) is 1. The molecule has 2 aromatic carbocycles. The molecule has 0 spiro atoms. The third-order valence-electron chi connectivity index (χ3n) is 4.42. The molecule has 1 amide bonds. The zero-order chi connectivity index (χ0) is 18.1. The lowest BCUT2D eigenvalue weighted by Gasteiger charge is -2.28. The van der Waals surface area contributed by atoms with Crippen molar-refractivity contribution in [3.8, 4) is 17.1 Å². The second-order valence-electron chi connectivity index (χ2n) is 6.28. The van der Waals surface area contributed by atoms with Crippen molar-refractivity contribution >= 4 is 11.6 Å². The Bertz CT molecular complexity index is 947. The number of fused-ring (bicyclic) bond motifs is 1. The topological polar surface area (TPSA) is 68.5 Å². The fourth-order valence-electron chi connectivity index (χ4n) is 3.01. The smallest absolute Gasteiger partial charge is 0.265 e.